The number of aromatic nitrogens is 2. The van der Waals surface area contributed by atoms with Gasteiger partial charge in [0.15, 0.2) is 0 Å². The fourth-order valence-electron chi connectivity index (χ4n) is 4.42. The van der Waals surface area contributed by atoms with Crippen molar-refractivity contribution in [2.45, 2.75) is 31.9 Å². The lowest BCUT2D eigenvalue weighted by atomic mass is 9.90. The van der Waals surface area contributed by atoms with Crippen LogP contribution in [-0.4, -0.2) is 39.8 Å². The van der Waals surface area contributed by atoms with Crippen molar-refractivity contribution in [3.05, 3.63) is 77.0 Å². The SMILES string of the molecule is Nc1c2c(nn1C(=O)C1CCNc3ccccc31)CN(C(=O)OCc1ccccc1)CC2. The van der Waals surface area contributed by atoms with Crippen LogP contribution in [-0.2, 0) is 24.3 Å². The summed E-state index contributed by atoms with van der Waals surface area (Å²) >= 11 is 0. The molecule has 3 heterocycles. The standard InChI is InChI=1S/C24H25N5O3/c25-22-19-11-13-28(24(31)32-15-16-6-2-1-3-7-16)14-21(19)27-29(22)23(30)18-10-12-26-20-9-5-4-8-17(18)20/h1-9,18,26H,10-15,25H2. The summed E-state index contributed by atoms with van der Waals surface area (Å²) in [7, 11) is 0. The number of carbonyl (C=O) groups is 2. The number of hydrogen-bond acceptors (Lipinski definition) is 6. The third-order valence-corrected chi connectivity index (χ3v) is 6.13. The first-order valence-electron chi connectivity index (χ1n) is 10.8. The Labute approximate surface area is 186 Å². The molecule has 3 N–H and O–H groups in total. The van der Waals surface area contributed by atoms with Gasteiger partial charge in [-0.3, -0.25) is 4.79 Å². The molecule has 2 aliphatic heterocycles. The first-order chi connectivity index (χ1) is 15.6. The number of anilines is 2. The zero-order chi connectivity index (χ0) is 22.1. The van der Waals surface area contributed by atoms with Gasteiger partial charge in [0.25, 0.3) is 5.91 Å². The van der Waals surface area contributed by atoms with Crippen LogP contribution in [0.4, 0.5) is 16.3 Å². The van der Waals surface area contributed by atoms with E-state index in [0.29, 0.717) is 30.9 Å². The van der Waals surface area contributed by atoms with E-state index in [1.54, 1.807) is 4.90 Å². The average Bonchev–Trinajstić information content (AvgIpc) is 3.18. The fraction of sp³-hybridized carbons (Fsp3) is 0.292. The van der Waals surface area contributed by atoms with Crippen molar-refractivity contribution in [3.63, 3.8) is 0 Å². The molecule has 0 aliphatic carbocycles. The highest BCUT2D eigenvalue weighted by Gasteiger charge is 2.33. The van der Waals surface area contributed by atoms with Gasteiger partial charge < -0.3 is 20.7 Å². The van der Waals surface area contributed by atoms with Crippen molar-refractivity contribution in [2.24, 2.45) is 0 Å². The maximum atomic E-state index is 13.4. The first-order valence-corrected chi connectivity index (χ1v) is 10.8. The summed E-state index contributed by atoms with van der Waals surface area (Å²) in [6.45, 7) is 1.68. The number of nitrogen functional groups attached to an aromatic ring is 1. The highest BCUT2D eigenvalue weighted by atomic mass is 16.6. The number of para-hydroxylation sites is 1. The van der Waals surface area contributed by atoms with Gasteiger partial charge in [0.1, 0.15) is 12.4 Å². The Hall–Kier alpha value is -3.81. The molecular formula is C24H25N5O3. The predicted molar refractivity (Wildman–Crippen MR) is 120 cm³/mol. The van der Waals surface area contributed by atoms with Gasteiger partial charge in [-0.25, -0.2) is 4.79 Å². The fourth-order valence-corrected chi connectivity index (χ4v) is 4.42. The van der Waals surface area contributed by atoms with Gasteiger partial charge >= 0.3 is 6.09 Å². The maximum absolute atomic E-state index is 13.4. The molecule has 1 amide bonds. The molecule has 3 aromatic rings. The van der Waals surface area contributed by atoms with Gasteiger partial charge in [-0.15, -0.1) is 0 Å². The third-order valence-electron chi connectivity index (χ3n) is 6.13. The number of nitrogens with one attached hydrogen (secondary N) is 1. The monoisotopic (exact) mass is 431 g/mol. The van der Waals surface area contributed by atoms with Gasteiger partial charge in [0.2, 0.25) is 0 Å². The van der Waals surface area contributed by atoms with Crippen LogP contribution in [0.15, 0.2) is 54.6 Å². The van der Waals surface area contributed by atoms with Crippen molar-refractivity contribution in [1.82, 2.24) is 14.7 Å². The van der Waals surface area contributed by atoms with Crippen LogP contribution in [0.25, 0.3) is 0 Å². The topological polar surface area (TPSA) is 102 Å². The van der Waals surface area contributed by atoms with Crippen molar-refractivity contribution >= 4 is 23.5 Å². The van der Waals surface area contributed by atoms with Crippen LogP contribution >= 0.6 is 0 Å². The molecule has 1 unspecified atom stereocenters. The Bertz CT molecular complexity index is 1160. The number of nitrogens with zero attached hydrogens (tertiary/aromatic N) is 3. The Kier molecular flexibility index (Phi) is 5.26. The van der Waals surface area contributed by atoms with Gasteiger partial charge in [0.05, 0.1) is 18.2 Å². The van der Waals surface area contributed by atoms with Gasteiger partial charge in [0, 0.05) is 24.3 Å². The van der Waals surface area contributed by atoms with Crippen LogP contribution in [0.3, 0.4) is 0 Å². The second kappa shape index (κ2) is 8.37. The second-order valence-corrected chi connectivity index (χ2v) is 8.13. The summed E-state index contributed by atoms with van der Waals surface area (Å²) < 4.78 is 6.78. The van der Waals surface area contributed by atoms with Crippen molar-refractivity contribution in [3.8, 4) is 0 Å². The van der Waals surface area contributed by atoms with E-state index in [-0.39, 0.29) is 25.0 Å². The quantitative estimate of drug-likeness (QED) is 0.659. The van der Waals surface area contributed by atoms with E-state index in [4.69, 9.17) is 10.5 Å². The number of ether oxygens (including phenoxy) is 1. The molecular weight excluding hydrogens is 406 g/mol. The Morgan fingerprint density at radius 2 is 1.91 bits per heavy atom. The van der Waals surface area contributed by atoms with E-state index in [9.17, 15) is 9.59 Å². The molecule has 32 heavy (non-hydrogen) atoms. The molecule has 2 aliphatic rings. The number of carbonyl (C=O) groups excluding carboxylic acids is 2. The van der Waals surface area contributed by atoms with E-state index in [2.05, 4.69) is 10.4 Å². The molecule has 0 radical (unpaired) electrons. The number of benzene rings is 2. The normalized spacial score (nSPS) is 17.1. The molecule has 1 aromatic heterocycles. The molecule has 0 spiro atoms. The number of fused-ring (bicyclic) bond motifs is 2. The minimum atomic E-state index is -0.397. The molecule has 2 aromatic carbocycles. The molecule has 0 fully saturated rings. The highest BCUT2D eigenvalue weighted by molar-refractivity contribution is 5.90. The lowest BCUT2D eigenvalue weighted by molar-refractivity contribution is 0.0858. The zero-order valence-electron chi connectivity index (χ0n) is 17.7. The van der Waals surface area contributed by atoms with Gasteiger partial charge in [-0.1, -0.05) is 48.5 Å². The lowest BCUT2D eigenvalue weighted by Crippen LogP contribution is -2.36. The summed E-state index contributed by atoms with van der Waals surface area (Å²) in [6, 6.07) is 17.4. The van der Waals surface area contributed by atoms with E-state index in [0.717, 1.165) is 28.9 Å². The number of rotatable bonds is 3. The zero-order valence-corrected chi connectivity index (χ0v) is 17.7. The molecule has 0 bridgehead atoms. The summed E-state index contributed by atoms with van der Waals surface area (Å²) in [5, 5.41) is 7.85. The van der Waals surface area contributed by atoms with E-state index in [1.165, 1.54) is 4.68 Å². The van der Waals surface area contributed by atoms with Crippen molar-refractivity contribution in [1.29, 1.82) is 0 Å². The number of nitrogens with two attached hydrogens (primary N) is 1. The minimum Gasteiger partial charge on any atom is -0.445 e. The molecule has 1 atom stereocenters. The molecule has 5 rings (SSSR count). The van der Waals surface area contributed by atoms with Crippen LogP contribution in [0.1, 0.15) is 39.5 Å². The van der Waals surface area contributed by atoms with E-state index < -0.39 is 6.09 Å². The van der Waals surface area contributed by atoms with Crippen LogP contribution in [0.2, 0.25) is 0 Å². The first kappa shape index (κ1) is 20.1. The number of amides is 1. The molecule has 8 nitrogen and oxygen atoms in total. The Morgan fingerprint density at radius 3 is 2.75 bits per heavy atom. The van der Waals surface area contributed by atoms with E-state index >= 15 is 0 Å². The van der Waals surface area contributed by atoms with Crippen LogP contribution in [0.5, 0.6) is 0 Å². The van der Waals surface area contributed by atoms with Crippen LogP contribution < -0.4 is 11.1 Å². The molecule has 0 saturated carbocycles. The Morgan fingerprint density at radius 1 is 1.12 bits per heavy atom. The Balaban J connectivity index is 1.31. The summed E-state index contributed by atoms with van der Waals surface area (Å²) in [6.07, 6.45) is 0.821. The minimum absolute atomic E-state index is 0.135. The number of hydrogen-bond donors (Lipinski definition) is 2. The smallest absolute Gasteiger partial charge is 0.410 e. The summed E-state index contributed by atoms with van der Waals surface area (Å²) in [5.74, 6) is -0.0644. The van der Waals surface area contributed by atoms with Crippen molar-refractivity contribution in [2.75, 3.05) is 24.1 Å². The molecule has 164 valence electrons. The van der Waals surface area contributed by atoms with Crippen molar-refractivity contribution < 1.29 is 14.3 Å². The van der Waals surface area contributed by atoms with Crippen LogP contribution in [0, 0.1) is 0 Å². The average molecular weight is 431 g/mol. The third kappa shape index (κ3) is 3.68. The highest BCUT2D eigenvalue weighted by Crippen LogP contribution is 2.34. The summed E-state index contributed by atoms with van der Waals surface area (Å²) in [5.41, 5.74) is 10.7. The van der Waals surface area contributed by atoms with Gasteiger partial charge in [-0.05, 0) is 30.0 Å². The lowest BCUT2D eigenvalue weighted by Gasteiger charge is -2.25. The predicted octanol–water partition coefficient (Wildman–Crippen LogP) is 3.40. The largest absolute Gasteiger partial charge is 0.445 e. The second-order valence-electron chi connectivity index (χ2n) is 8.13. The maximum Gasteiger partial charge on any atom is 0.410 e. The van der Waals surface area contributed by atoms with Gasteiger partial charge in [-0.2, -0.15) is 9.78 Å². The van der Waals surface area contributed by atoms with E-state index in [1.807, 2.05) is 54.6 Å². The molecule has 8 heteroatoms. The summed E-state index contributed by atoms with van der Waals surface area (Å²) in [4.78, 5) is 27.5. The molecule has 0 saturated heterocycles.